The summed E-state index contributed by atoms with van der Waals surface area (Å²) in [5.74, 6) is 0. The number of rotatable bonds is 12. The highest BCUT2D eigenvalue weighted by Crippen LogP contribution is 2.24. The predicted molar refractivity (Wildman–Crippen MR) is 64.2 cm³/mol. The molecule has 0 aliphatic rings. The maximum absolute atomic E-state index is 10.9. The van der Waals surface area contributed by atoms with E-state index < -0.39 is 16.5 Å². The predicted octanol–water partition coefficient (Wildman–Crippen LogP) is 3.58. The SMILES string of the molecule is CCO[P+](=O)OCCCCCO[P+](=O)OCC. The van der Waals surface area contributed by atoms with E-state index in [0.29, 0.717) is 26.4 Å². The lowest BCUT2D eigenvalue weighted by Gasteiger charge is -1.93. The molecule has 0 aromatic carbocycles. The van der Waals surface area contributed by atoms with Crippen molar-refractivity contribution in [3.05, 3.63) is 0 Å². The molecule has 2 atom stereocenters. The Hall–Kier alpha value is 0.0400. The molecule has 0 amide bonds. The third kappa shape index (κ3) is 12.3. The maximum Gasteiger partial charge on any atom is 0.697 e. The zero-order valence-corrected chi connectivity index (χ0v) is 12.1. The van der Waals surface area contributed by atoms with E-state index in [2.05, 4.69) is 0 Å². The molecule has 0 saturated heterocycles. The zero-order chi connectivity index (χ0) is 12.9. The summed E-state index contributed by atoms with van der Waals surface area (Å²) in [6, 6.07) is 0. The number of hydrogen-bond acceptors (Lipinski definition) is 6. The molecule has 17 heavy (non-hydrogen) atoms. The highest BCUT2D eigenvalue weighted by Gasteiger charge is 2.19. The Labute approximate surface area is 104 Å². The molecular weight excluding hydrogens is 266 g/mol. The van der Waals surface area contributed by atoms with Crippen LogP contribution < -0.4 is 0 Å². The summed E-state index contributed by atoms with van der Waals surface area (Å²) >= 11 is 0. The summed E-state index contributed by atoms with van der Waals surface area (Å²) in [5.41, 5.74) is 0. The van der Waals surface area contributed by atoms with E-state index in [-0.39, 0.29) is 0 Å². The molecular formula is C9H20O6P2+2. The van der Waals surface area contributed by atoms with Crippen LogP contribution in [0.2, 0.25) is 0 Å². The molecule has 0 aliphatic heterocycles. The van der Waals surface area contributed by atoms with E-state index in [9.17, 15) is 9.13 Å². The van der Waals surface area contributed by atoms with Crippen LogP contribution in [0.4, 0.5) is 0 Å². The molecule has 0 aromatic rings. The monoisotopic (exact) mass is 286 g/mol. The van der Waals surface area contributed by atoms with Crippen LogP contribution in [0.25, 0.3) is 0 Å². The Kier molecular flexibility index (Phi) is 12.5. The fourth-order valence-corrected chi connectivity index (χ4v) is 2.07. The molecule has 0 N–H and O–H groups in total. The van der Waals surface area contributed by atoms with Gasteiger partial charge >= 0.3 is 16.5 Å². The second-order valence-electron chi connectivity index (χ2n) is 3.01. The third-order valence-electron chi connectivity index (χ3n) is 1.65. The van der Waals surface area contributed by atoms with Crippen molar-refractivity contribution in [1.29, 1.82) is 0 Å². The Morgan fingerprint density at radius 1 is 0.706 bits per heavy atom. The van der Waals surface area contributed by atoms with Crippen molar-refractivity contribution in [3.63, 3.8) is 0 Å². The second-order valence-corrected chi connectivity index (χ2v) is 4.94. The molecule has 0 aromatic heterocycles. The van der Waals surface area contributed by atoms with Crippen molar-refractivity contribution in [1.82, 2.24) is 0 Å². The van der Waals surface area contributed by atoms with Gasteiger partial charge in [-0.1, -0.05) is 0 Å². The minimum absolute atomic E-state index is 0.382. The second kappa shape index (κ2) is 12.5. The Balaban J connectivity index is 3.18. The third-order valence-corrected chi connectivity index (χ3v) is 3.38. The van der Waals surface area contributed by atoms with Gasteiger partial charge in [0.05, 0.1) is 0 Å². The van der Waals surface area contributed by atoms with Crippen LogP contribution in [0.5, 0.6) is 0 Å². The fraction of sp³-hybridized carbons (Fsp3) is 1.00. The van der Waals surface area contributed by atoms with Gasteiger partial charge < -0.3 is 0 Å². The first-order chi connectivity index (χ1) is 8.20. The van der Waals surface area contributed by atoms with E-state index in [0.717, 1.165) is 19.3 Å². The van der Waals surface area contributed by atoms with Crippen molar-refractivity contribution in [2.24, 2.45) is 0 Å². The van der Waals surface area contributed by atoms with Gasteiger partial charge in [-0.2, -0.15) is 0 Å². The smallest absolute Gasteiger partial charge is 0.119 e. The normalized spacial score (nSPS) is 12.6. The largest absolute Gasteiger partial charge is 0.697 e. The Morgan fingerprint density at radius 2 is 1.12 bits per heavy atom. The van der Waals surface area contributed by atoms with E-state index in [1.807, 2.05) is 0 Å². The van der Waals surface area contributed by atoms with Gasteiger partial charge in [-0.3, -0.25) is 0 Å². The molecule has 0 fully saturated rings. The maximum atomic E-state index is 10.9. The molecule has 0 bridgehead atoms. The van der Waals surface area contributed by atoms with E-state index in [1.54, 1.807) is 13.8 Å². The van der Waals surface area contributed by atoms with Gasteiger partial charge in [0.25, 0.3) is 0 Å². The van der Waals surface area contributed by atoms with E-state index >= 15 is 0 Å². The van der Waals surface area contributed by atoms with Gasteiger partial charge in [-0.05, 0) is 33.1 Å². The van der Waals surface area contributed by atoms with Gasteiger partial charge in [-0.25, -0.2) is 0 Å². The van der Waals surface area contributed by atoms with Crippen LogP contribution in [0.1, 0.15) is 33.1 Å². The van der Waals surface area contributed by atoms with Crippen molar-refractivity contribution < 1.29 is 27.2 Å². The molecule has 100 valence electrons. The average Bonchev–Trinajstić information content (AvgIpc) is 2.28. The van der Waals surface area contributed by atoms with E-state index in [1.165, 1.54) is 0 Å². The van der Waals surface area contributed by atoms with Gasteiger partial charge in [0, 0.05) is 9.13 Å². The fourth-order valence-electron chi connectivity index (χ4n) is 0.944. The van der Waals surface area contributed by atoms with Crippen molar-refractivity contribution in [3.8, 4) is 0 Å². The van der Waals surface area contributed by atoms with Gasteiger partial charge in [0.1, 0.15) is 26.4 Å². The molecule has 0 saturated carbocycles. The molecule has 0 heterocycles. The summed E-state index contributed by atoms with van der Waals surface area (Å²) in [6.45, 7) is 5.07. The first kappa shape index (κ1) is 17.0. The van der Waals surface area contributed by atoms with Crippen molar-refractivity contribution in [2.45, 2.75) is 33.1 Å². The Morgan fingerprint density at radius 3 is 1.47 bits per heavy atom. The molecule has 0 radical (unpaired) electrons. The first-order valence-electron chi connectivity index (χ1n) is 5.66. The lowest BCUT2D eigenvalue weighted by molar-refractivity contribution is 0.218. The van der Waals surface area contributed by atoms with Crippen molar-refractivity contribution in [2.75, 3.05) is 26.4 Å². The summed E-state index contributed by atoms with van der Waals surface area (Å²) in [7, 11) is -3.94. The highest BCUT2D eigenvalue weighted by molar-refractivity contribution is 7.33. The van der Waals surface area contributed by atoms with Crippen molar-refractivity contribution >= 4 is 16.5 Å². The average molecular weight is 286 g/mol. The number of unbranched alkanes of at least 4 members (excludes halogenated alkanes) is 2. The minimum Gasteiger partial charge on any atom is -0.119 e. The van der Waals surface area contributed by atoms with Crippen LogP contribution >= 0.6 is 16.5 Å². The van der Waals surface area contributed by atoms with Crippen LogP contribution in [-0.2, 0) is 27.2 Å². The molecule has 0 spiro atoms. The molecule has 0 rings (SSSR count). The lowest BCUT2D eigenvalue weighted by atomic mass is 10.2. The molecule has 0 aliphatic carbocycles. The van der Waals surface area contributed by atoms with Gasteiger partial charge in [-0.15, -0.1) is 18.1 Å². The summed E-state index contributed by atoms with van der Waals surface area (Å²) < 4.78 is 41.1. The molecule has 2 unspecified atom stereocenters. The minimum atomic E-state index is -1.97. The highest BCUT2D eigenvalue weighted by atomic mass is 31.1. The van der Waals surface area contributed by atoms with E-state index in [4.69, 9.17) is 18.1 Å². The number of hydrogen-bond donors (Lipinski definition) is 0. The first-order valence-corrected chi connectivity index (χ1v) is 7.86. The van der Waals surface area contributed by atoms with Crippen LogP contribution in [-0.4, -0.2) is 26.4 Å². The zero-order valence-electron chi connectivity index (χ0n) is 10.3. The Bertz CT molecular complexity index is 202. The van der Waals surface area contributed by atoms with Gasteiger partial charge in [0.15, 0.2) is 0 Å². The topological polar surface area (TPSA) is 71.1 Å². The quantitative estimate of drug-likeness (QED) is 0.403. The van der Waals surface area contributed by atoms with Crippen LogP contribution in [0.3, 0.4) is 0 Å². The molecule has 8 heteroatoms. The summed E-state index contributed by atoms with van der Waals surface area (Å²) in [5, 5.41) is 0. The van der Waals surface area contributed by atoms with Crippen LogP contribution in [0, 0.1) is 0 Å². The summed E-state index contributed by atoms with van der Waals surface area (Å²) in [6.07, 6.45) is 2.39. The standard InChI is InChI=1S/C9H20O6P2/c1-3-12-16(10)14-8-6-5-7-9-15-17(11)13-4-2/h3-9H2,1-2H3/q+2. The lowest BCUT2D eigenvalue weighted by Crippen LogP contribution is -1.93. The van der Waals surface area contributed by atoms with Crippen LogP contribution in [0.15, 0.2) is 0 Å². The molecule has 6 nitrogen and oxygen atoms in total. The summed E-state index contributed by atoms with van der Waals surface area (Å²) in [4.78, 5) is 0. The van der Waals surface area contributed by atoms with Gasteiger partial charge in [0.2, 0.25) is 0 Å².